The van der Waals surface area contributed by atoms with Crippen LogP contribution in [0.25, 0.3) is 0 Å². The third-order valence-electron chi connectivity index (χ3n) is 3.80. The van der Waals surface area contributed by atoms with Crippen molar-refractivity contribution >= 4 is 11.8 Å². The first-order valence-corrected chi connectivity index (χ1v) is 7.23. The molecule has 118 valence electrons. The monoisotopic (exact) mass is 313 g/mol. The minimum absolute atomic E-state index is 0.300. The summed E-state index contributed by atoms with van der Waals surface area (Å²) in [4.78, 5) is 24.2. The van der Waals surface area contributed by atoms with Crippen LogP contribution in [0.1, 0.15) is 27.5 Å². The van der Waals surface area contributed by atoms with Crippen LogP contribution in [-0.4, -0.2) is 17.9 Å². The highest BCUT2D eigenvalue weighted by Crippen LogP contribution is 2.21. The lowest BCUT2D eigenvalue weighted by Gasteiger charge is -2.18. The van der Waals surface area contributed by atoms with E-state index in [4.69, 9.17) is 0 Å². The lowest BCUT2D eigenvalue weighted by molar-refractivity contribution is -0.121. The van der Waals surface area contributed by atoms with Crippen molar-refractivity contribution in [3.05, 3.63) is 71.0 Å². The van der Waals surface area contributed by atoms with Crippen LogP contribution in [0, 0.1) is 12.7 Å². The number of carbonyl (C=O) groups excluding carboxylic acids is 2. The second-order valence-corrected chi connectivity index (χ2v) is 5.48. The molecule has 2 atom stereocenters. The summed E-state index contributed by atoms with van der Waals surface area (Å²) in [6.45, 7) is 1.98. The maximum atomic E-state index is 12.9. The maximum Gasteiger partial charge on any atom is 0.258 e. The summed E-state index contributed by atoms with van der Waals surface area (Å²) < 4.78 is 12.9. The smallest absolute Gasteiger partial charge is 0.258 e. The van der Waals surface area contributed by atoms with Crippen LogP contribution in [0.5, 0.6) is 0 Å². The van der Waals surface area contributed by atoms with E-state index in [1.165, 1.54) is 24.3 Å². The Bertz CT molecular complexity index is 729. The Balaban J connectivity index is 1.78. The van der Waals surface area contributed by atoms with Gasteiger partial charge in [-0.05, 0) is 36.8 Å². The molecule has 3 N–H and O–H groups in total. The molecule has 6 heteroatoms. The number of hydrogen-bond acceptors (Lipinski definition) is 3. The molecule has 2 aromatic rings. The van der Waals surface area contributed by atoms with E-state index in [1.807, 2.05) is 31.2 Å². The molecule has 1 fully saturated rings. The molecule has 0 bridgehead atoms. The summed E-state index contributed by atoms with van der Waals surface area (Å²) in [5.74, 6) is -1.16. The van der Waals surface area contributed by atoms with E-state index in [0.717, 1.165) is 11.1 Å². The molecule has 0 aliphatic carbocycles. The van der Waals surface area contributed by atoms with Crippen LogP contribution < -0.4 is 16.2 Å². The molecule has 1 aliphatic rings. The predicted octanol–water partition coefficient (Wildman–Crippen LogP) is 1.61. The molecule has 2 unspecified atom stereocenters. The van der Waals surface area contributed by atoms with Gasteiger partial charge in [0.25, 0.3) is 11.8 Å². The average molecular weight is 313 g/mol. The molecular weight excluding hydrogens is 297 g/mol. The lowest BCUT2D eigenvalue weighted by Crippen LogP contribution is -2.42. The van der Waals surface area contributed by atoms with Gasteiger partial charge in [0.1, 0.15) is 11.9 Å². The zero-order valence-corrected chi connectivity index (χ0v) is 12.5. The van der Waals surface area contributed by atoms with Crippen LogP contribution in [-0.2, 0) is 4.79 Å². The third kappa shape index (κ3) is 3.22. The van der Waals surface area contributed by atoms with Crippen LogP contribution >= 0.6 is 0 Å². The van der Waals surface area contributed by atoms with Crippen molar-refractivity contribution < 1.29 is 14.0 Å². The van der Waals surface area contributed by atoms with E-state index >= 15 is 0 Å². The van der Waals surface area contributed by atoms with E-state index in [0.29, 0.717) is 5.56 Å². The molecule has 2 amide bonds. The fourth-order valence-corrected chi connectivity index (χ4v) is 2.49. The third-order valence-corrected chi connectivity index (χ3v) is 3.80. The van der Waals surface area contributed by atoms with E-state index in [9.17, 15) is 14.0 Å². The van der Waals surface area contributed by atoms with Gasteiger partial charge in [0, 0.05) is 5.56 Å². The van der Waals surface area contributed by atoms with Gasteiger partial charge in [-0.3, -0.25) is 15.0 Å². The highest BCUT2D eigenvalue weighted by molar-refractivity contribution is 5.98. The second kappa shape index (κ2) is 6.18. The van der Waals surface area contributed by atoms with Gasteiger partial charge in [0.2, 0.25) is 0 Å². The quantitative estimate of drug-likeness (QED) is 0.806. The first-order valence-electron chi connectivity index (χ1n) is 7.23. The van der Waals surface area contributed by atoms with Gasteiger partial charge in [0.15, 0.2) is 0 Å². The van der Waals surface area contributed by atoms with E-state index in [1.54, 1.807) is 0 Å². The predicted molar refractivity (Wildman–Crippen MR) is 82.9 cm³/mol. The van der Waals surface area contributed by atoms with Crippen molar-refractivity contribution in [2.75, 3.05) is 0 Å². The minimum Gasteiger partial charge on any atom is -0.338 e. The molecule has 0 aromatic heterocycles. The lowest BCUT2D eigenvalue weighted by atomic mass is 9.99. The standard InChI is InChI=1S/C17H16FN3O2/c1-10-2-4-11(5-3-10)14-15(17(23)21-20-14)19-16(22)12-6-8-13(18)9-7-12/h2-9,14-15,20H,1H3,(H,19,22)(H,21,23). The number of amides is 2. The largest absolute Gasteiger partial charge is 0.338 e. The van der Waals surface area contributed by atoms with Crippen LogP contribution in [0.2, 0.25) is 0 Å². The molecule has 23 heavy (non-hydrogen) atoms. The molecule has 3 rings (SSSR count). The van der Waals surface area contributed by atoms with Gasteiger partial charge < -0.3 is 5.32 Å². The maximum absolute atomic E-state index is 12.9. The van der Waals surface area contributed by atoms with Gasteiger partial charge in [-0.15, -0.1) is 0 Å². The second-order valence-electron chi connectivity index (χ2n) is 5.48. The number of halogens is 1. The Kier molecular flexibility index (Phi) is 4.08. The highest BCUT2D eigenvalue weighted by Gasteiger charge is 2.36. The molecular formula is C17H16FN3O2. The SMILES string of the molecule is Cc1ccc(C2NNC(=O)C2NC(=O)c2ccc(F)cc2)cc1. The number of rotatable bonds is 3. The van der Waals surface area contributed by atoms with Crippen LogP contribution in [0.4, 0.5) is 4.39 Å². The molecule has 0 spiro atoms. The number of carbonyl (C=O) groups is 2. The Labute approximate surface area is 132 Å². The van der Waals surface area contributed by atoms with E-state index in [2.05, 4.69) is 16.2 Å². The first kappa shape index (κ1) is 15.2. The summed E-state index contributed by atoms with van der Waals surface area (Å²) in [6.07, 6.45) is 0. The van der Waals surface area contributed by atoms with Gasteiger partial charge in [-0.1, -0.05) is 29.8 Å². The average Bonchev–Trinajstić information content (AvgIpc) is 2.90. The molecule has 2 aromatic carbocycles. The Morgan fingerprint density at radius 2 is 1.74 bits per heavy atom. The topological polar surface area (TPSA) is 70.2 Å². The summed E-state index contributed by atoms with van der Waals surface area (Å²) in [7, 11) is 0. The van der Waals surface area contributed by atoms with Crippen molar-refractivity contribution in [1.29, 1.82) is 0 Å². The highest BCUT2D eigenvalue weighted by atomic mass is 19.1. The minimum atomic E-state index is -0.741. The summed E-state index contributed by atoms with van der Waals surface area (Å²) in [5.41, 5.74) is 7.72. The zero-order chi connectivity index (χ0) is 16.4. The summed E-state index contributed by atoms with van der Waals surface area (Å²) in [5, 5.41) is 2.69. The molecule has 0 radical (unpaired) electrons. The molecule has 1 aliphatic heterocycles. The van der Waals surface area contributed by atoms with Gasteiger partial charge in [0.05, 0.1) is 6.04 Å². The van der Waals surface area contributed by atoms with Crippen molar-refractivity contribution in [2.24, 2.45) is 0 Å². The molecule has 0 saturated carbocycles. The first-order chi connectivity index (χ1) is 11.0. The van der Waals surface area contributed by atoms with Gasteiger partial charge >= 0.3 is 0 Å². The number of aryl methyl sites for hydroxylation is 1. The molecule has 1 saturated heterocycles. The summed E-state index contributed by atoms with van der Waals surface area (Å²) in [6, 6.07) is 11.8. The number of benzene rings is 2. The normalized spacial score (nSPS) is 20.2. The Morgan fingerprint density at radius 1 is 1.09 bits per heavy atom. The number of hydrazine groups is 1. The van der Waals surface area contributed by atoms with Crippen LogP contribution in [0.15, 0.2) is 48.5 Å². The van der Waals surface area contributed by atoms with E-state index in [-0.39, 0.29) is 11.9 Å². The van der Waals surface area contributed by atoms with Crippen LogP contribution in [0.3, 0.4) is 0 Å². The Morgan fingerprint density at radius 3 is 2.39 bits per heavy atom. The van der Waals surface area contributed by atoms with Crippen molar-refractivity contribution in [3.8, 4) is 0 Å². The van der Waals surface area contributed by atoms with Crippen molar-refractivity contribution in [3.63, 3.8) is 0 Å². The Hall–Kier alpha value is -2.73. The van der Waals surface area contributed by atoms with Gasteiger partial charge in [-0.25, -0.2) is 9.82 Å². The summed E-state index contributed by atoms with van der Waals surface area (Å²) >= 11 is 0. The molecule has 5 nitrogen and oxygen atoms in total. The zero-order valence-electron chi connectivity index (χ0n) is 12.5. The molecule has 1 heterocycles. The fourth-order valence-electron chi connectivity index (χ4n) is 2.49. The fraction of sp³-hybridized carbons (Fsp3) is 0.176. The van der Waals surface area contributed by atoms with Crippen molar-refractivity contribution in [2.45, 2.75) is 19.0 Å². The van der Waals surface area contributed by atoms with Gasteiger partial charge in [-0.2, -0.15) is 0 Å². The number of hydrogen-bond donors (Lipinski definition) is 3. The van der Waals surface area contributed by atoms with E-state index < -0.39 is 17.8 Å². The number of nitrogens with one attached hydrogen (secondary N) is 3. The van der Waals surface area contributed by atoms with Crippen molar-refractivity contribution in [1.82, 2.24) is 16.2 Å².